The van der Waals surface area contributed by atoms with Crippen LogP contribution < -0.4 is 5.32 Å². The normalized spacial score (nSPS) is 21.9. The Bertz CT molecular complexity index is 1960. The summed E-state index contributed by atoms with van der Waals surface area (Å²) in [7, 11) is 0. The molecule has 4 aromatic rings. The van der Waals surface area contributed by atoms with Gasteiger partial charge in [0.1, 0.15) is 30.1 Å². The number of likely N-dealkylation sites (tertiary alicyclic amines) is 1. The van der Waals surface area contributed by atoms with Gasteiger partial charge >= 0.3 is 5.97 Å². The number of fused-ring (bicyclic) bond motifs is 1. The van der Waals surface area contributed by atoms with Gasteiger partial charge in [0.15, 0.2) is 0 Å². The Morgan fingerprint density at radius 1 is 0.906 bits per heavy atom. The van der Waals surface area contributed by atoms with E-state index in [0.29, 0.717) is 36.9 Å². The molecule has 4 unspecified atom stereocenters. The molecule has 1 aliphatic carbocycles. The summed E-state index contributed by atoms with van der Waals surface area (Å²) < 4.78 is 20.0. The lowest BCUT2D eigenvalue weighted by atomic mass is 9.91. The third-order valence-electron chi connectivity index (χ3n) is 9.91. The summed E-state index contributed by atoms with van der Waals surface area (Å²) >= 11 is 0. The minimum absolute atomic E-state index is 0.0520. The number of carbonyl (C=O) groups is 3. The van der Waals surface area contributed by atoms with Gasteiger partial charge in [-0.1, -0.05) is 103 Å². The summed E-state index contributed by atoms with van der Waals surface area (Å²) in [5, 5.41) is 22.1. The molecule has 53 heavy (non-hydrogen) atoms. The zero-order chi connectivity index (χ0) is 36.8. The van der Waals surface area contributed by atoms with Crippen molar-refractivity contribution in [1.29, 1.82) is 0 Å². The van der Waals surface area contributed by atoms with Gasteiger partial charge in [-0.3, -0.25) is 9.59 Å². The molecule has 0 spiro atoms. The molecular formula is C43H42N2O8. The van der Waals surface area contributed by atoms with Crippen LogP contribution in [-0.2, 0) is 36.0 Å². The molecule has 0 saturated carbocycles. The number of hydrogen-bond acceptors (Lipinski definition) is 8. The average Bonchev–Trinajstić information content (AvgIpc) is 3.85. The van der Waals surface area contributed by atoms with Gasteiger partial charge in [-0.25, -0.2) is 4.79 Å². The number of allylic oxidation sites excluding steroid dienone is 1. The van der Waals surface area contributed by atoms with Crippen LogP contribution in [0.1, 0.15) is 51.9 Å². The van der Waals surface area contributed by atoms with Gasteiger partial charge in [-0.05, 0) is 54.7 Å². The lowest BCUT2D eigenvalue weighted by Crippen LogP contribution is -2.49. The maximum atomic E-state index is 14.2. The molecule has 2 saturated heterocycles. The van der Waals surface area contributed by atoms with Crippen molar-refractivity contribution in [3.05, 3.63) is 155 Å². The number of rotatable bonds is 11. The molecule has 0 bridgehead atoms. The Kier molecular flexibility index (Phi) is 10.8. The Balaban J connectivity index is 1.18. The van der Waals surface area contributed by atoms with Gasteiger partial charge in [-0.15, -0.1) is 0 Å². The maximum Gasteiger partial charge on any atom is 0.338 e. The largest absolute Gasteiger partial charge is 0.508 e. The number of phenols is 1. The van der Waals surface area contributed by atoms with Crippen molar-refractivity contribution in [2.75, 3.05) is 19.7 Å². The van der Waals surface area contributed by atoms with Crippen LogP contribution in [0.2, 0.25) is 0 Å². The van der Waals surface area contributed by atoms with Crippen molar-refractivity contribution in [3.63, 3.8) is 0 Å². The van der Waals surface area contributed by atoms with Gasteiger partial charge in [0.2, 0.25) is 17.6 Å². The molecule has 0 aromatic heterocycles. The molecule has 4 atom stereocenters. The van der Waals surface area contributed by atoms with Gasteiger partial charge in [0.05, 0.1) is 12.2 Å². The van der Waals surface area contributed by atoms with Crippen LogP contribution in [0.15, 0.2) is 127 Å². The number of benzene rings is 4. The molecule has 2 aliphatic heterocycles. The molecule has 2 amide bonds. The fourth-order valence-electron chi connectivity index (χ4n) is 7.33. The lowest BCUT2D eigenvalue weighted by molar-refractivity contribution is -0.157. The quantitative estimate of drug-likeness (QED) is 0.179. The van der Waals surface area contributed by atoms with E-state index < -0.39 is 36.1 Å². The molecule has 2 heterocycles. The molecule has 7 rings (SSSR count). The summed E-state index contributed by atoms with van der Waals surface area (Å²) in [4.78, 5) is 42.6. The number of aromatic hydroxyl groups is 1. The van der Waals surface area contributed by atoms with Crippen LogP contribution in [0.4, 0.5) is 0 Å². The number of nitrogens with zero attached hydrogens (tertiary/aromatic N) is 1. The number of aliphatic hydroxyl groups is 1. The van der Waals surface area contributed by atoms with Crippen molar-refractivity contribution in [1.82, 2.24) is 10.2 Å². The minimum atomic E-state index is -1.35. The highest BCUT2D eigenvalue weighted by atomic mass is 16.8. The fourth-order valence-corrected chi connectivity index (χ4v) is 7.33. The molecule has 3 N–H and O–H groups in total. The van der Waals surface area contributed by atoms with E-state index in [1.54, 1.807) is 41.3 Å². The number of esters is 1. The molecule has 3 aliphatic rings. The Morgan fingerprint density at radius 2 is 1.62 bits per heavy atom. The van der Waals surface area contributed by atoms with E-state index in [1.807, 2.05) is 91.0 Å². The first-order valence-corrected chi connectivity index (χ1v) is 18.0. The third kappa shape index (κ3) is 7.66. The maximum absolute atomic E-state index is 14.2. The summed E-state index contributed by atoms with van der Waals surface area (Å²) in [6, 6.07) is 32.6. The molecule has 10 nitrogen and oxygen atoms in total. The van der Waals surface area contributed by atoms with Crippen LogP contribution in [0.5, 0.6) is 5.75 Å². The van der Waals surface area contributed by atoms with E-state index in [9.17, 15) is 24.6 Å². The van der Waals surface area contributed by atoms with E-state index >= 15 is 0 Å². The molecule has 2 fully saturated rings. The van der Waals surface area contributed by atoms with E-state index in [2.05, 4.69) is 5.32 Å². The van der Waals surface area contributed by atoms with Crippen LogP contribution >= 0.6 is 0 Å². The first-order chi connectivity index (χ1) is 25.9. The first-order valence-electron chi connectivity index (χ1n) is 18.0. The second-order valence-corrected chi connectivity index (χ2v) is 13.4. The van der Waals surface area contributed by atoms with Gasteiger partial charge < -0.3 is 34.6 Å². The lowest BCUT2D eigenvalue weighted by Gasteiger charge is -2.33. The number of carbonyl (C=O) groups excluding carboxylic acids is 3. The number of hydrogen-bond donors (Lipinski definition) is 3. The SMILES string of the molecule is O=C(OC1CC(C(=O)N2CCCC2C(=O)NCCO)=CC2OC(c3ccccc3)(c3ccccc3)OC21)c1cccc(C=CCc2ccccc2O)c1. The molecule has 10 heteroatoms. The second kappa shape index (κ2) is 16.0. The molecular weight excluding hydrogens is 672 g/mol. The predicted molar refractivity (Wildman–Crippen MR) is 197 cm³/mol. The fraction of sp³-hybridized carbons (Fsp3) is 0.279. The summed E-state index contributed by atoms with van der Waals surface area (Å²) in [6.45, 7) is 0.292. The number of phenolic OH excluding ortho intramolecular Hbond substituents is 1. The Labute approximate surface area is 308 Å². The van der Waals surface area contributed by atoms with Crippen molar-refractivity contribution in [2.24, 2.45) is 0 Å². The number of aliphatic hydroxyl groups excluding tert-OH is 1. The molecule has 0 radical (unpaired) electrons. The van der Waals surface area contributed by atoms with Crippen LogP contribution in [0.3, 0.4) is 0 Å². The van der Waals surface area contributed by atoms with Gasteiger partial charge in [0.25, 0.3) is 0 Å². The van der Waals surface area contributed by atoms with Gasteiger partial charge in [0, 0.05) is 36.2 Å². The summed E-state index contributed by atoms with van der Waals surface area (Å²) in [5.41, 5.74) is 3.75. The van der Waals surface area contributed by atoms with Crippen LogP contribution in [-0.4, -0.2) is 76.9 Å². The summed E-state index contributed by atoms with van der Waals surface area (Å²) in [5.74, 6) is -2.36. The number of ether oxygens (including phenoxy) is 3. The summed E-state index contributed by atoms with van der Waals surface area (Å²) in [6.07, 6.45) is 4.83. The minimum Gasteiger partial charge on any atom is -0.508 e. The highest BCUT2D eigenvalue weighted by molar-refractivity contribution is 5.98. The van der Waals surface area contributed by atoms with Crippen LogP contribution in [0.25, 0.3) is 6.08 Å². The highest BCUT2D eigenvalue weighted by Gasteiger charge is 2.55. The van der Waals surface area contributed by atoms with Crippen molar-refractivity contribution < 1.29 is 38.8 Å². The number of amides is 2. The Hall–Kier alpha value is -5.55. The van der Waals surface area contributed by atoms with E-state index in [1.165, 1.54) is 0 Å². The average molecular weight is 715 g/mol. The predicted octanol–water partition coefficient (Wildman–Crippen LogP) is 5.29. The monoisotopic (exact) mass is 714 g/mol. The van der Waals surface area contributed by atoms with E-state index in [-0.39, 0.29) is 37.1 Å². The molecule has 272 valence electrons. The van der Waals surface area contributed by atoms with Crippen LogP contribution in [0, 0.1) is 0 Å². The first kappa shape index (κ1) is 35.8. The highest BCUT2D eigenvalue weighted by Crippen LogP contribution is 2.47. The third-order valence-corrected chi connectivity index (χ3v) is 9.91. The topological polar surface area (TPSA) is 135 Å². The van der Waals surface area contributed by atoms with Crippen molar-refractivity contribution in [3.8, 4) is 5.75 Å². The smallest absolute Gasteiger partial charge is 0.338 e. The number of nitrogens with one attached hydrogen (secondary N) is 1. The zero-order valence-electron chi connectivity index (χ0n) is 29.2. The Morgan fingerprint density at radius 3 is 2.34 bits per heavy atom. The van der Waals surface area contributed by atoms with Gasteiger partial charge in [-0.2, -0.15) is 0 Å². The standard InChI is InChI=1S/C43H42N2O8/c46-25-23-44-40(48)35-21-11-24-45(35)41(49)32-27-37(51-42(50)31-16-10-13-29(26-31)12-9-15-30-14-7-8-22-36(30)47)39-38(28-32)52-43(53-39,33-17-3-1-4-18-33)34-19-5-2-6-20-34/h1-10,12-14,16-20,22,26,28,35,37-39,46-47H,11,15,21,23-25,27H2,(H,44,48). The number of para-hydroxylation sites is 1. The second-order valence-electron chi connectivity index (χ2n) is 13.4. The van der Waals surface area contributed by atoms with E-state index in [0.717, 1.165) is 22.3 Å². The van der Waals surface area contributed by atoms with E-state index in [4.69, 9.17) is 14.2 Å². The van der Waals surface area contributed by atoms with Crippen molar-refractivity contribution in [2.45, 2.75) is 55.8 Å². The molecule has 4 aromatic carbocycles. The zero-order valence-corrected chi connectivity index (χ0v) is 29.2. The van der Waals surface area contributed by atoms with Crippen molar-refractivity contribution >= 4 is 23.9 Å².